The number of halogens is 1. The number of benzene rings is 1. The molecule has 3 rings (SSSR count). The summed E-state index contributed by atoms with van der Waals surface area (Å²) in [5.41, 5.74) is 3.67. The van der Waals surface area contributed by atoms with Crippen molar-refractivity contribution in [3.63, 3.8) is 0 Å². The molecule has 84 valence electrons. The summed E-state index contributed by atoms with van der Waals surface area (Å²) in [6.07, 6.45) is 3.70. The summed E-state index contributed by atoms with van der Waals surface area (Å²) in [6, 6.07) is 6.82. The second kappa shape index (κ2) is 4.45. The lowest BCUT2D eigenvalue weighted by Gasteiger charge is -2.27. The average molecular weight is 235 g/mol. The van der Waals surface area contributed by atoms with Gasteiger partial charge >= 0.3 is 0 Å². The molecular weight excluding hydrogens is 220 g/mol. The van der Waals surface area contributed by atoms with Crippen molar-refractivity contribution in [1.82, 2.24) is 5.32 Å². The number of piperidine rings is 1. The molecule has 0 aromatic heterocycles. The van der Waals surface area contributed by atoms with Gasteiger partial charge in [0.05, 0.1) is 6.57 Å². The Kier molecular flexibility index (Phi) is 3.18. The Morgan fingerprint density at radius 3 is 3.06 bits per heavy atom. The van der Waals surface area contributed by atoms with E-state index in [0.717, 1.165) is 18.7 Å². The van der Waals surface area contributed by atoms with Gasteiger partial charge in [-0.15, -0.1) is 12.4 Å². The first-order chi connectivity index (χ1) is 7.38. The lowest BCUT2D eigenvalue weighted by atomic mass is 9.90. The first-order valence-electron chi connectivity index (χ1n) is 5.62. The largest absolute Gasteiger partial charge is 0.313 e. The van der Waals surface area contributed by atoms with Crippen molar-refractivity contribution >= 4 is 18.1 Å². The fourth-order valence-corrected chi connectivity index (χ4v) is 2.96. The summed E-state index contributed by atoms with van der Waals surface area (Å²) < 4.78 is 0. The van der Waals surface area contributed by atoms with Gasteiger partial charge in [-0.2, -0.15) is 0 Å². The van der Waals surface area contributed by atoms with Gasteiger partial charge in [-0.1, -0.05) is 23.8 Å². The number of nitrogens with zero attached hydrogens (tertiary/aromatic N) is 1. The molecule has 0 amide bonds. The first kappa shape index (κ1) is 11.4. The predicted octanol–water partition coefficient (Wildman–Crippen LogP) is 3.05. The van der Waals surface area contributed by atoms with Gasteiger partial charge in [-0.05, 0) is 37.3 Å². The molecular formula is C13H15ClN2. The quantitative estimate of drug-likeness (QED) is 0.683. The molecule has 0 saturated carbocycles. The third-order valence-corrected chi connectivity index (χ3v) is 3.68. The van der Waals surface area contributed by atoms with Crippen LogP contribution in [0.1, 0.15) is 29.9 Å². The average Bonchev–Trinajstić information content (AvgIpc) is 2.66. The van der Waals surface area contributed by atoms with Crippen LogP contribution in [-0.2, 0) is 6.42 Å². The minimum Gasteiger partial charge on any atom is -0.313 e. The molecule has 1 saturated heterocycles. The van der Waals surface area contributed by atoms with E-state index in [4.69, 9.17) is 6.57 Å². The summed E-state index contributed by atoms with van der Waals surface area (Å²) in [7, 11) is 0. The van der Waals surface area contributed by atoms with Crippen LogP contribution >= 0.6 is 12.4 Å². The zero-order chi connectivity index (χ0) is 10.3. The van der Waals surface area contributed by atoms with Crippen LogP contribution in [0, 0.1) is 6.57 Å². The van der Waals surface area contributed by atoms with Crippen molar-refractivity contribution < 1.29 is 0 Å². The lowest BCUT2D eigenvalue weighted by Crippen LogP contribution is -2.37. The molecule has 0 radical (unpaired) electrons. The van der Waals surface area contributed by atoms with Gasteiger partial charge in [0.1, 0.15) is 0 Å². The Balaban J connectivity index is 0.000000963. The van der Waals surface area contributed by atoms with Crippen molar-refractivity contribution in [2.24, 2.45) is 0 Å². The molecule has 2 aliphatic rings. The van der Waals surface area contributed by atoms with Crippen LogP contribution in [0.25, 0.3) is 4.85 Å². The van der Waals surface area contributed by atoms with Gasteiger partial charge in [0.25, 0.3) is 0 Å². The highest BCUT2D eigenvalue weighted by Crippen LogP contribution is 2.40. The van der Waals surface area contributed by atoms with E-state index >= 15 is 0 Å². The fourth-order valence-electron chi connectivity index (χ4n) is 2.96. The molecule has 1 heterocycles. The van der Waals surface area contributed by atoms with E-state index in [1.54, 1.807) is 0 Å². The van der Waals surface area contributed by atoms with Gasteiger partial charge in [0.2, 0.25) is 0 Å². The van der Waals surface area contributed by atoms with Crippen molar-refractivity contribution in [2.45, 2.75) is 31.2 Å². The van der Waals surface area contributed by atoms with Crippen LogP contribution in [0.5, 0.6) is 0 Å². The molecule has 1 aromatic carbocycles. The number of rotatable bonds is 0. The highest BCUT2D eigenvalue weighted by molar-refractivity contribution is 5.85. The summed E-state index contributed by atoms with van der Waals surface area (Å²) in [4.78, 5) is 3.52. The van der Waals surface area contributed by atoms with Gasteiger partial charge in [0, 0.05) is 6.04 Å². The van der Waals surface area contributed by atoms with Crippen molar-refractivity contribution in [1.29, 1.82) is 0 Å². The third kappa shape index (κ3) is 1.71. The van der Waals surface area contributed by atoms with E-state index in [1.165, 1.54) is 24.0 Å². The van der Waals surface area contributed by atoms with Crippen LogP contribution in [0.2, 0.25) is 0 Å². The predicted molar refractivity (Wildman–Crippen MR) is 67.4 cm³/mol. The van der Waals surface area contributed by atoms with Gasteiger partial charge in [-0.25, -0.2) is 4.85 Å². The van der Waals surface area contributed by atoms with Crippen molar-refractivity contribution in [3.8, 4) is 0 Å². The smallest absolute Gasteiger partial charge is 0.187 e. The second-order valence-corrected chi connectivity index (χ2v) is 4.51. The minimum absolute atomic E-state index is 0. The van der Waals surface area contributed by atoms with Crippen LogP contribution < -0.4 is 5.32 Å². The Bertz CT molecular complexity index is 436. The monoisotopic (exact) mass is 234 g/mol. The molecule has 16 heavy (non-hydrogen) atoms. The molecule has 0 spiro atoms. The van der Waals surface area contributed by atoms with Crippen LogP contribution in [-0.4, -0.2) is 12.6 Å². The standard InChI is InChI=1S/C13H14N2.ClH/c1-14-10-5-4-9-7-13-11(12(9)8-10)3-2-6-15-13;/h4-5,8,11,13,15H,2-3,6-7H2;1H. The Labute approximate surface area is 102 Å². The molecule has 1 aliphatic carbocycles. The molecule has 3 heteroatoms. The van der Waals surface area contributed by atoms with Crippen LogP contribution in [0.3, 0.4) is 0 Å². The maximum atomic E-state index is 7.05. The molecule has 1 aromatic rings. The van der Waals surface area contributed by atoms with Crippen LogP contribution in [0.15, 0.2) is 18.2 Å². The number of hydrogen-bond donors (Lipinski definition) is 1. The molecule has 2 atom stereocenters. The number of fused-ring (bicyclic) bond motifs is 3. The third-order valence-electron chi connectivity index (χ3n) is 3.68. The minimum atomic E-state index is 0. The normalized spacial score (nSPS) is 26.2. The topological polar surface area (TPSA) is 16.4 Å². The van der Waals surface area contributed by atoms with E-state index in [1.807, 2.05) is 6.07 Å². The Morgan fingerprint density at radius 1 is 1.38 bits per heavy atom. The van der Waals surface area contributed by atoms with E-state index in [2.05, 4.69) is 22.3 Å². The van der Waals surface area contributed by atoms with Gasteiger partial charge in [-0.3, -0.25) is 0 Å². The summed E-state index contributed by atoms with van der Waals surface area (Å²) in [5, 5.41) is 3.59. The highest BCUT2D eigenvalue weighted by Gasteiger charge is 2.33. The SMILES string of the molecule is Cl.[C-]#[N+]c1ccc2c(c1)C1CCCNC1C2. The zero-order valence-corrected chi connectivity index (χ0v) is 9.89. The van der Waals surface area contributed by atoms with Crippen LogP contribution in [0.4, 0.5) is 5.69 Å². The number of nitrogens with one attached hydrogen (secondary N) is 1. The molecule has 1 N–H and O–H groups in total. The zero-order valence-electron chi connectivity index (χ0n) is 9.07. The summed E-state index contributed by atoms with van der Waals surface area (Å²) >= 11 is 0. The molecule has 2 unspecified atom stereocenters. The lowest BCUT2D eigenvalue weighted by molar-refractivity contribution is 0.373. The van der Waals surface area contributed by atoms with Gasteiger partial charge in [0.15, 0.2) is 5.69 Å². The number of hydrogen-bond acceptors (Lipinski definition) is 1. The Hall–Kier alpha value is -1.04. The van der Waals surface area contributed by atoms with Gasteiger partial charge < -0.3 is 5.32 Å². The van der Waals surface area contributed by atoms with E-state index in [-0.39, 0.29) is 12.4 Å². The molecule has 0 bridgehead atoms. The Morgan fingerprint density at radius 2 is 2.25 bits per heavy atom. The maximum absolute atomic E-state index is 7.05. The van der Waals surface area contributed by atoms with Crippen molar-refractivity contribution in [3.05, 3.63) is 40.7 Å². The summed E-state index contributed by atoms with van der Waals surface area (Å²) in [6.45, 7) is 8.21. The van der Waals surface area contributed by atoms with E-state index in [0.29, 0.717) is 12.0 Å². The van der Waals surface area contributed by atoms with E-state index in [9.17, 15) is 0 Å². The first-order valence-corrected chi connectivity index (χ1v) is 5.62. The maximum Gasteiger partial charge on any atom is 0.187 e. The fraction of sp³-hybridized carbons (Fsp3) is 0.462. The molecule has 1 aliphatic heterocycles. The second-order valence-electron chi connectivity index (χ2n) is 4.51. The molecule has 1 fully saturated rings. The van der Waals surface area contributed by atoms with Crippen molar-refractivity contribution in [2.75, 3.05) is 6.54 Å². The van der Waals surface area contributed by atoms with E-state index < -0.39 is 0 Å². The molecule has 2 nitrogen and oxygen atoms in total. The highest BCUT2D eigenvalue weighted by atomic mass is 35.5. The summed E-state index contributed by atoms with van der Waals surface area (Å²) in [5.74, 6) is 0.662.